The van der Waals surface area contributed by atoms with Gasteiger partial charge < -0.3 is 9.80 Å². The zero-order valence-electron chi connectivity index (χ0n) is 20.1. The van der Waals surface area contributed by atoms with Gasteiger partial charge in [-0.15, -0.1) is 9.24 Å². The van der Waals surface area contributed by atoms with Gasteiger partial charge in [0, 0.05) is 45.1 Å². The third-order valence-corrected chi connectivity index (χ3v) is 8.25. The molecule has 2 aliphatic rings. The smallest absolute Gasteiger partial charge is 0.0461 e. The number of rotatable bonds is 5. The Morgan fingerprint density at radius 2 is 1.19 bits per heavy atom. The molecule has 0 bridgehead atoms. The fraction of sp³-hybridized carbons (Fsp3) is 0.571. The highest BCUT2D eigenvalue weighted by atomic mass is 31.0. The molecule has 2 saturated carbocycles. The maximum atomic E-state index is 3.22. The molecule has 2 fully saturated rings. The molecule has 2 aromatic rings. The van der Waals surface area contributed by atoms with Gasteiger partial charge >= 0.3 is 0 Å². The molecule has 2 aliphatic carbocycles. The normalized spacial score (nSPS) is 18.2. The fourth-order valence-corrected chi connectivity index (χ4v) is 6.68. The molecule has 1 unspecified atom stereocenters. The lowest BCUT2D eigenvalue weighted by atomic mass is 9.75. The van der Waals surface area contributed by atoms with Crippen molar-refractivity contribution in [3.63, 3.8) is 0 Å². The molecule has 0 amide bonds. The largest absolute Gasteiger partial charge is 0.377 e. The molecule has 31 heavy (non-hydrogen) atoms. The summed E-state index contributed by atoms with van der Waals surface area (Å²) in [6.45, 7) is 0. The lowest BCUT2D eigenvalue weighted by Crippen LogP contribution is -2.21. The summed E-state index contributed by atoms with van der Waals surface area (Å²) in [6.07, 6.45) is 13.9. The van der Waals surface area contributed by atoms with Gasteiger partial charge in [0.05, 0.1) is 0 Å². The minimum atomic E-state index is 0.729. The Kier molecular flexibility index (Phi) is 7.27. The Labute approximate surface area is 192 Å². The molecule has 0 aliphatic heterocycles. The number of hydrogen-bond acceptors (Lipinski definition) is 2. The van der Waals surface area contributed by atoms with Crippen molar-refractivity contribution in [2.24, 2.45) is 0 Å². The second-order valence-corrected chi connectivity index (χ2v) is 10.7. The van der Waals surface area contributed by atoms with E-state index in [9.17, 15) is 0 Å². The van der Waals surface area contributed by atoms with E-state index in [-0.39, 0.29) is 0 Å². The van der Waals surface area contributed by atoms with Gasteiger partial charge in [0.15, 0.2) is 0 Å². The molecule has 0 radical (unpaired) electrons. The Balaban J connectivity index is 1.91. The molecule has 2 nitrogen and oxygen atoms in total. The van der Waals surface area contributed by atoms with E-state index in [0.717, 1.165) is 11.8 Å². The molecule has 0 spiro atoms. The van der Waals surface area contributed by atoms with E-state index in [1.165, 1.54) is 92.0 Å². The average molecular weight is 437 g/mol. The van der Waals surface area contributed by atoms with Crippen LogP contribution in [0, 0.1) is 0 Å². The summed E-state index contributed by atoms with van der Waals surface area (Å²) in [5, 5.41) is 1.47. The van der Waals surface area contributed by atoms with E-state index < -0.39 is 0 Å². The maximum Gasteiger partial charge on any atom is 0.0461 e. The summed E-state index contributed by atoms with van der Waals surface area (Å²) in [7, 11) is 11.9. The van der Waals surface area contributed by atoms with Crippen molar-refractivity contribution in [2.45, 2.75) is 76.0 Å². The van der Waals surface area contributed by atoms with Gasteiger partial charge in [0.1, 0.15) is 0 Å². The molecule has 2 aromatic carbocycles. The van der Waals surface area contributed by atoms with Crippen molar-refractivity contribution >= 4 is 25.9 Å². The number of hydrogen-bond donors (Lipinski definition) is 0. The fourth-order valence-electron chi connectivity index (χ4n) is 6.04. The molecule has 4 rings (SSSR count). The third-order valence-electron chi connectivity index (χ3n) is 7.63. The molecule has 168 valence electrons. The summed E-state index contributed by atoms with van der Waals surface area (Å²) < 4.78 is 0. The highest BCUT2D eigenvalue weighted by molar-refractivity contribution is 7.28. The first-order valence-corrected chi connectivity index (χ1v) is 13.0. The van der Waals surface area contributed by atoms with Crippen LogP contribution in [-0.4, -0.2) is 28.2 Å². The van der Waals surface area contributed by atoms with Gasteiger partial charge in [-0.05, 0) is 71.6 Å². The molecule has 0 N–H and O–H groups in total. The van der Waals surface area contributed by atoms with Gasteiger partial charge in [-0.25, -0.2) is 0 Å². The van der Waals surface area contributed by atoms with Crippen molar-refractivity contribution in [3.8, 4) is 11.1 Å². The summed E-state index contributed by atoms with van der Waals surface area (Å²) in [4.78, 5) is 4.53. The molecular formula is C28H41N2P. The van der Waals surface area contributed by atoms with Gasteiger partial charge in [-0.3, -0.25) is 0 Å². The van der Waals surface area contributed by atoms with Crippen LogP contribution in [0.25, 0.3) is 11.1 Å². The first-order chi connectivity index (χ1) is 15.0. The zero-order valence-corrected chi connectivity index (χ0v) is 21.2. The highest BCUT2D eigenvalue weighted by Gasteiger charge is 2.28. The second-order valence-electron chi connectivity index (χ2n) is 10.2. The molecule has 3 heteroatoms. The van der Waals surface area contributed by atoms with E-state index in [4.69, 9.17) is 0 Å². The van der Waals surface area contributed by atoms with Crippen LogP contribution in [0.15, 0.2) is 30.3 Å². The van der Waals surface area contributed by atoms with E-state index in [0.29, 0.717) is 0 Å². The SMILES string of the molecule is CN(C)c1cccc(N(C)C)c1-c1ccc(C2CCCCC2)c(C2CCCCC2)c1P. The van der Waals surface area contributed by atoms with E-state index in [1.807, 2.05) is 0 Å². The lowest BCUT2D eigenvalue weighted by molar-refractivity contribution is 0.420. The van der Waals surface area contributed by atoms with Crippen LogP contribution < -0.4 is 15.1 Å². The number of benzene rings is 2. The van der Waals surface area contributed by atoms with Crippen LogP contribution in [0.3, 0.4) is 0 Å². The topological polar surface area (TPSA) is 6.48 Å². The first-order valence-electron chi connectivity index (χ1n) is 12.4. The van der Waals surface area contributed by atoms with Crippen LogP contribution in [0.4, 0.5) is 11.4 Å². The van der Waals surface area contributed by atoms with Crippen molar-refractivity contribution in [3.05, 3.63) is 41.5 Å². The number of nitrogens with zero attached hydrogens (tertiary/aromatic N) is 2. The van der Waals surface area contributed by atoms with Gasteiger partial charge in [0.25, 0.3) is 0 Å². The molecular weight excluding hydrogens is 395 g/mol. The van der Waals surface area contributed by atoms with Crippen LogP contribution in [0.2, 0.25) is 0 Å². The van der Waals surface area contributed by atoms with E-state index in [1.54, 1.807) is 11.1 Å². The Morgan fingerprint density at radius 3 is 1.71 bits per heavy atom. The van der Waals surface area contributed by atoms with Gasteiger partial charge in [-0.2, -0.15) is 0 Å². The Bertz CT molecular complexity index is 864. The van der Waals surface area contributed by atoms with Crippen LogP contribution in [0.1, 0.15) is 87.2 Å². The average Bonchev–Trinajstić information content (AvgIpc) is 2.79. The van der Waals surface area contributed by atoms with Gasteiger partial charge in [0.2, 0.25) is 0 Å². The van der Waals surface area contributed by atoms with Crippen molar-refractivity contribution < 1.29 is 0 Å². The molecule has 0 aromatic heterocycles. The molecule has 1 atom stereocenters. The van der Waals surface area contributed by atoms with Crippen molar-refractivity contribution in [2.75, 3.05) is 38.0 Å². The minimum Gasteiger partial charge on any atom is -0.377 e. The minimum absolute atomic E-state index is 0.729. The van der Waals surface area contributed by atoms with Crippen LogP contribution in [0.5, 0.6) is 0 Å². The van der Waals surface area contributed by atoms with Crippen molar-refractivity contribution in [1.82, 2.24) is 0 Å². The second kappa shape index (κ2) is 9.95. The maximum absolute atomic E-state index is 3.22. The standard InChI is InChI=1S/C28H41N2P/c1-29(2)24-16-11-17-25(30(3)4)27(24)23-19-18-22(20-12-7-5-8-13-20)26(28(23)31)21-14-9-6-10-15-21/h11,16-21H,5-10,12-15,31H2,1-4H3. The Hall–Kier alpha value is -1.53. The Morgan fingerprint density at radius 1 is 0.677 bits per heavy atom. The predicted molar refractivity (Wildman–Crippen MR) is 142 cm³/mol. The molecule has 0 heterocycles. The summed E-state index contributed by atoms with van der Waals surface area (Å²) in [5.41, 5.74) is 8.74. The summed E-state index contributed by atoms with van der Waals surface area (Å²) >= 11 is 0. The predicted octanol–water partition coefficient (Wildman–Crippen LogP) is 7.08. The van der Waals surface area contributed by atoms with Crippen LogP contribution in [-0.2, 0) is 0 Å². The summed E-state index contributed by atoms with van der Waals surface area (Å²) in [6, 6.07) is 11.7. The van der Waals surface area contributed by atoms with Crippen molar-refractivity contribution in [1.29, 1.82) is 0 Å². The monoisotopic (exact) mass is 436 g/mol. The van der Waals surface area contributed by atoms with E-state index in [2.05, 4.69) is 77.6 Å². The van der Waals surface area contributed by atoms with Gasteiger partial charge in [-0.1, -0.05) is 56.7 Å². The number of anilines is 2. The lowest BCUT2D eigenvalue weighted by Gasteiger charge is -2.33. The first kappa shape index (κ1) is 22.7. The summed E-state index contributed by atoms with van der Waals surface area (Å²) in [5.74, 6) is 1.49. The molecule has 0 saturated heterocycles. The van der Waals surface area contributed by atoms with Crippen LogP contribution >= 0.6 is 9.24 Å². The zero-order chi connectivity index (χ0) is 22.0. The quantitative estimate of drug-likeness (QED) is 0.462. The third kappa shape index (κ3) is 4.65. The highest BCUT2D eigenvalue weighted by Crippen LogP contribution is 2.45. The van der Waals surface area contributed by atoms with E-state index >= 15 is 0 Å².